The van der Waals surface area contributed by atoms with Crippen LogP contribution in [-0.4, -0.2) is 13.0 Å². The molecule has 3 aromatic rings. The van der Waals surface area contributed by atoms with Crippen molar-refractivity contribution in [2.75, 3.05) is 7.11 Å². The van der Waals surface area contributed by atoms with Gasteiger partial charge in [0, 0.05) is 27.7 Å². The Bertz CT molecular complexity index is 1070. The van der Waals surface area contributed by atoms with Crippen molar-refractivity contribution in [2.45, 2.75) is 27.0 Å². The first-order valence-electron chi connectivity index (χ1n) is 9.46. The zero-order valence-electron chi connectivity index (χ0n) is 17.1. The van der Waals surface area contributed by atoms with Gasteiger partial charge in [0.05, 0.1) is 7.11 Å². The fourth-order valence-electron chi connectivity index (χ4n) is 2.94. The summed E-state index contributed by atoms with van der Waals surface area (Å²) in [5.74, 6) is 1.22. The van der Waals surface area contributed by atoms with Crippen LogP contribution in [0.2, 0.25) is 10.0 Å². The molecule has 0 radical (unpaired) electrons. The van der Waals surface area contributed by atoms with Gasteiger partial charge in [-0.25, -0.2) is 0 Å². The molecule has 30 heavy (non-hydrogen) atoms. The minimum Gasteiger partial charge on any atom is -0.496 e. The Labute approximate surface area is 186 Å². The number of benzene rings is 3. The Morgan fingerprint density at radius 3 is 2.43 bits per heavy atom. The van der Waals surface area contributed by atoms with Crippen molar-refractivity contribution in [3.05, 3.63) is 92.5 Å². The van der Waals surface area contributed by atoms with E-state index in [4.69, 9.17) is 32.7 Å². The maximum atomic E-state index is 12.6. The van der Waals surface area contributed by atoms with E-state index in [-0.39, 0.29) is 12.5 Å². The lowest BCUT2D eigenvalue weighted by Crippen LogP contribution is -2.23. The Balaban J connectivity index is 1.70. The third kappa shape index (κ3) is 5.47. The summed E-state index contributed by atoms with van der Waals surface area (Å²) in [7, 11) is 1.59. The van der Waals surface area contributed by atoms with Gasteiger partial charge in [-0.3, -0.25) is 4.79 Å². The number of halogens is 2. The van der Waals surface area contributed by atoms with Crippen LogP contribution in [0.15, 0.2) is 54.6 Å². The number of carbonyl (C=O) groups excluding carboxylic acids is 1. The van der Waals surface area contributed by atoms with Crippen LogP contribution in [0.1, 0.15) is 32.6 Å². The number of methoxy groups -OCH3 is 1. The molecular weight excluding hydrogens is 421 g/mol. The molecule has 1 amide bonds. The lowest BCUT2D eigenvalue weighted by atomic mass is 10.1. The van der Waals surface area contributed by atoms with Crippen molar-refractivity contribution in [2.24, 2.45) is 0 Å². The van der Waals surface area contributed by atoms with Crippen LogP contribution in [0.5, 0.6) is 11.5 Å². The van der Waals surface area contributed by atoms with Crippen LogP contribution >= 0.6 is 23.2 Å². The average molecular weight is 444 g/mol. The lowest BCUT2D eigenvalue weighted by molar-refractivity contribution is 0.0950. The van der Waals surface area contributed by atoms with Gasteiger partial charge in [0.2, 0.25) is 0 Å². The summed E-state index contributed by atoms with van der Waals surface area (Å²) in [6.07, 6.45) is 0. The molecule has 0 saturated carbocycles. The standard InChI is InChI=1S/C24H23Cl2NO3/c1-15-4-8-21(10-16(15)2)30-14-19-11-17(6-9-23(19)29-3)24(28)27-13-18-5-7-20(25)12-22(18)26/h4-12H,13-14H2,1-3H3,(H,27,28). The molecule has 0 aliphatic heterocycles. The van der Waals surface area contributed by atoms with Gasteiger partial charge in [-0.05, 0) is 73.0 Å². The van der Waals surface area contributed by atoms with E-state index in [1.165, 1.54) is 5.56 Å². The number of ether oxygens (including phenoxy) is 2. The second-order valence-electron chi connectivity index (χ2n) is 6.98. The number of aryl methyl sites for hydroxylation is 2. The van der Waals surface area contributed by atoms with Gasteiger partial charge in [0.1, 0.15) is 18.1 Å². The van der Waals surface area contributed by atoms with E-state index < -0.39 is 0 Å². The van der Waals surface area contributed by atoms with E-state index >= 15 is 0 Å². The van der Waals surface area contributed by atoms with Gasteiger partial charge in [-0.1, -0.05) is 35.3 Å². The topological polar surface area (TPSA) is 47.6 Å². The summed E-state index contributed by atoms with van der Waals surface area (Å²) in [5.41, 5.74) is 4.46. The van der Waals surface area contributed by atoms with Crippen LogP contribution < -0.4 is 14.8 Å². The van der Waals surface area contributed by atoms with Crippen molar-refractivity contribution < 1.29 is 14.3 Å². The number of carbonyl (C=O) groups is 1. The van der Waals surface area contributed by atoms with E-state index in [1.807, 2.05) is 25.1 Å². The molecule has 1 N–H and O–H groups in total. The normalized spacial score (nSPS) is 10.6. The van der Waals surface area contributed by atoms with Gasteiger partial charge in [0.15, 0.2) is 0 Å². The van der Waals surface area contributed by atoms with E-state index in [0.717, 1.165) is 22.4 Å². The second-order valence-corrected chi connectivity index (χ2v) is 7.82. The van der Waals surface area contributed by atoms with Gasteiger partial charge >= 0.3 is 0 Å². The summed E-state index contributed by atoms with van der Waals surface area (Å²) >= 11 is 12.1. The monoisotopic (exact) mass is 443 g/mol. The minimum absolute atomic E-state index is 0.212. The van der Waals surface area contributed by atoms with Crippen molar-refractivity contribution in [3.8, 4) is 11.5 Å². The second kappa shape index (κ2) is 9.88. The molecule has 0 atom stereocenters. The number of rotatable bonds is 7. The first-order valence-corrected chi connectivity index (χ1v) is 10.2. The summed E-state index contributed by atoms with van der Waals surface area (Å²) in [6, 6.07) is 16.4. The summed E-state index contributed by atoms with van der Waals surface area (Å²) in [5, 5.41) is 3.95. The highest BCUT2D eigenvalue weighted by molar-refractivity contribution is 6.35. The molecule has 6 heteroatoms. The predicted octanol–water partition coefficient (Wildman–Crippen LogP) is 6.13. The maximum Gasteiger partial charge on any atom is 0.251 e. The highest BCUT2D eigenvalue weighted by Gasteiger charge is 2.12. The van der Waals surface area contributed by atoms with Gasteiger partial charge in [-0.2, -0.15) is 0 Å². The highest BCUT2D eigenvalue weighted by Crippen LogP contribution is 2.24. The van der Waals surface area contributed by atoms with Gasteiger partial charge in [-0.15, -0.1) is 0 Å². The summed E-state index contributed by atoms with van der Waals surface area (Å²) in [4.78, 5) is 12.6. The van der Waals surface area contributed by atoms with Crippen molar-refractivity contribution in [1.29, 1.82) is 0 Å². The fraction of sp³-hybridized carbons (Fsp3) is 0.208. The molecule has 0 aromatic heterocycles. The molecule has 3 rings (SSSR count). The molecule has 0 fully saturated rings. The zero-order chi connectivity index (χ0) is 21.7. The lowest BCUT2D eigenvalue weighted by Gasteiger charge is -2.13. The molecule has 0 heterocycles. The first-order chi connectivity index (χ1) is 14.4. The molecule has 4 nitrogen and oxygen atoms in total. The van der Waals surface area contributed by atoms with Crippen LogP contribution in [0, 0.1) is 13.8 Å². The summed E-state index contributed by atoms with van der Waals surface area (Å²) in [6.45, 7) is 4.69. The largest absolute Gasteiger partial charge is 0.496 e. The molecule has 0 unspecified atom stereocenters. The molecular formula is C24H23Cl2NO3. The number of amides is 1. The van der Waals surface area contributed by atoms with Crippen LogP contribution in [-0.2, 0) is 13.2 Å². The molecule has 0 bridgehead atoms. The van der Waals surface area contributed by atoms with E-state index in [9.17, 15) is 4.79 Å². The van der Waals surface area contributed by atoms with Gasteiger partial charge < -0.3 is 14.8 Å². The molecule has 3 aromatic carbocycles. The summed E-state index contributed by atoms with van der Waals surface area (Å²) < 4.78 is 11.3. The third-order valence-electron chi connectivity index (χ3n) is 4.87. The predicted molar refractivity (Wildman–Crippen MR) is 121 cm³/mol. The quantitative estimate of drug-likeness (QED) is 0.477. The first kappa shape index (κ1) is 22.0. The van der Waals surface area contributed by atoms with Crippen LogP contribution in [0.4, 0.5) is 0 Å². The SMILES string of the molecule is COc1ccc(C(=O)NCc2ccc(Cl)cc2Cl)cc1COc1ccc(C)c(C)c1. The molecule has 0 saturated heterocycles. The molecule has 0 aliphatic rings. The zero-order valence-corrected chi connectivity index (χ0v) is 18.6. The van der Waals surface area contributed by atoms with Crippen molar-refractivity contribution >= 4 is 29.1 Å². The minimum atomic E-state index is -0.212. The van der Waals surface area contributed by atoms with Crippen molar-refractivity contribution in [1.82, 2.24) is 5.32 Å². The number of nitrogens with one attached hydrogen (secondary N) is 1. The smallest absolute Gasteiger partial charge is 0.251 e. The van der Waals surface area contributed by atoms with E-state index in [1.54, 1.807) is 43.5 Å². The Morgan fingerprint density at radius 2 is 1.73 bits per heavy atom. The highest BCUT2D eigenvalue weighted by atomic mass is 35.5. The van der Waals surface area contributed by atoms with E-state index in [2.05, 4.69) is 12.2 Å². The maximum absolute atomic E-state index is 12.6. The Morgan fingerprint density at radius 1 is 0.933 bits per heavy atom. The molecule has 0 spiro atoms. The van der Waals surface area contributed by atoms with Crippen LogP contribution in [0.3, 0.4) is 0 Å². The fourth-order valence-corrected chi connectivity index (χ4v) is 3.42. The third-order valence-corrected chi connectivity index (χ3v) is 5.46. The average Bonchev–Trinajstić information content (AvgIpc) is 2.73. The molecule has 0 aliphatic carbocycles. The Kier molecular flexibility index (Phi) is 7.24. The molecule has 156 valence electrons. The van der Waals surface area contributed by atoms with E-state index in [0.29, 0.717) is 27.9 Å². The van der Waals surface area contributed by atoms with Gasteiger partial charge in [0.25, 0.3) is 5.91 Å². The Hall–Kier alpha value is -2.69. The number of hydrogen-bond acceptors (Lipinski definition) is 3. The van der Waals surface area contributed by atoms with Crippen molar-refractivity contribution in [3.63, 3.8) is 0 Å². The number of hydrogen-bond donors (Lipinski definition) is 1. The van der Waals surface area contributed by atoms with Crippen LogP contribution in [0.25, 0.3) is 0 Å².